The summed E-state index contributed by atoms with van der Waals surface area (Å²) in [6.45, 7) is 7.11. The predicted octanol–water partition coefficient (Wildman–Crippen LogP) is 6.54. The second kappa shape index (κ2) is 9.65. The lowest BCUT2D eigenvalue weighted by Gasteiger charge is -2.51. The van der Waals surface area contributed by atoms with Crippen LogP contribution in [0.1, 0.15) is 60.2 Å². The Morgan fingerprint density at radius 3 is 2.46 bits per heavy atom. The van der Waals surface area contributed by atoms with Crippen LogP contribution in [0, 0.1) is 18.8 Å². The van der Waals surface area contributed by atoms with Crippen LogP contribution in [0.2, 0.25) is 0 Å². The lowest BCUT2D eigenvalue weighted by Crippen LogP contribution is -2.60. The molecule has 0 aromatic heterocycles. The van der Waals surface area contributed by atoms with Crippen LogP contribution < -0.4 is 9.64 Å². The highest BCUT2D eigenvalue weighted by molar-refractivity contribution is 9.10. The van der Waals surface area contributed by atoms with Crippen molar-refractivity contribution in [3.63, 3.8) is 0 Å². The smallest absolute Gasteiger partial charge is 0.421 e. The van der Waals surface area contributed by atoms with Gasteiger partial charge in [-0.25, -0.2) is 9.69 Å². The first-order chi connectivity index (χ1) is 19.5. The van der Waals surface area contributed by atoms with Crippen molar-refractivity contribution < 1.29 is 28.7 Å². The molecule has 0 radical (unpaired) electrons. The number of benzene rings is 3. The number of hydrogen-bond acceptors (Lipinski definition) is 6. The van der Waals surface area contributed by atoms with E-state index >= 15 is 0 Å². The highest BCUT2D eigenvalue weighted by Gasteiger charge is 2.66. The number of rotatable bonds is 2. The molecule has 6 rings (SSSR count). The van der Waals surface area contributed by atoms with Gasteiger partial charge in [0.15, 0.2) is 5.78 Å². The van der Waals surface area contributed by atoms with Gasteiger partial charge in [-0.15, -0.1) is 0 Å². The molecule has 210 valence electrons. The van der Waals surface area contributed by atoms with E-state index in [4.69, 9.17) is 9.47 Å². The van der Waals surface area contributed by atoms with Crippen LogP contribution in [0.15, 0.2) is 71.2 Å². The summed E-state index contributed by atoms with van der Waals surface area (Å²) in [6.07, 6.45) is -0.684. The molecule has 1 saturated carbocycles. The minimum atomic E-state index is -1.39. The number of aldehydes is 1. The number of imide groups is 1. The third-order valence-electron chi connectivity index (χ3n) is 8.41. The van der Waals surface area contributed by atoms with Crippen LogP contribution in [0.5, 0.6) is 5.75 Å². The average molecular weight is 617 g/mol. The summed E-state index contributed by atoms with van der Waals surface area (Å²) in [5, 5.41) is 0. The van der Waals surface area contributed by atoms with Crippen molar-refractivity contribution in [3.8, 4) is 5.75 Å². The van der Waals surface area contributed by atoms with Crippen molar-refractivity contribution in [3.05, 3.63) is 93.5 Å². The number of aryl methyl sites for hydroxylation is 1. The van der Waals surface area contributed by atoms with Crippen LogP contribution in [-0.4, -0.2) is 35.8 Å². The molecule has 0 N–H and O–H groups in total. The molecular weight excluding hydrogens is 586 g/mol. The van der Waals surface area contributed by atoms with Gasteiger partial charge in [-0.1, -0.05) is 57.9 Å². The standard InChI is InChI=1S/C33H30BrNO6/c1-18-9-14-26-21(15-18)28(37)22-16-33(27(23(17-36)29(22)40-26)19-10-12-20(34)13-11-19)24-7-5-6-8-25(24)35(30(33)38)31(39)41-32(2,3)4/h5-15,17,22-23,27,29H,16H2,1-4H3/t22-,23-,27-,29-,33-/m1/s1. The normalized spacial score (nSPS) is 26.6. The number of para-hydroxylation sites is 1. The van der Waals surface area contributed by atoms with E-state index < -0.39 is 46.9 Å². The van der Waals surface area contributed by atoms with Crippen LogP contribution in [0.4, 0.5) is 10.5 Å². The number of hydrogen-bond donors (Lipinski definition) is 0. The maximum Gasteiger partial charge on any atom is 0.421 e. The number of ketones is 1. The third-order valence-corrected chi connectivity index (χ3v) is 8.94. The Bertz CT molecular complexity index is 1590. The van der Waals surface area contributed by atoms with Crippen LogP contribution >= 0.6 is 15.9 Å². The SMILES string of the molecule is Cc1ccc2c(c1)C(=O)[C@H]1C[C@]3(C(=O)N(C(=O)OC(C)(C)C)c4ccccc43)[C@H](c3ccc(Br)cc3)[C@@H](C=O)[C@@H]1O2. The Kier molecular flexibility index (Phi) is 6.45. The fourth-order valence-electron chi connectivity index (χ4n) is 6.85. The Morgan fingerprint density at radius 1 is 1.07 bits per heavy atom. The van der Waals surface area contributed by atoms with E-state index in [9.17, 15) is 19.2 Å². The molecular formula is C33H30BrNO6. The molecule has 3 aromatic carbocycles. The number of ether oxygens (including phenoxy) is 2. The first-order valence-corrected chi connectivity index (χ1v) is 14.4. The zero-order valence-corrected chi connectivity index (χ0v) is 24.8. The van der Waals surface area contributed by atoms with Crippen molar-refractivity contribution in [2.24, 2.45) is 11.8 Å². The molecule has 41 heavy (non-hydrogen) atoms. The molecule has 5 atom stereocenters. The quantitative estimate of drug-likeness (QED) is 0.304. The summed E-state index contributed by atoms with van der Waals surface area (Å²) in [4.78, 5) is 56.6. The molecule has 3 aromatic rings. The summed E-state index contributed by atoms with van der Waals surface area (Å²) in [5.41, 5.74) is 0.843. The van der Waals surface area contributed by atoms with Gasteiger partial charge in [0.05, 0.1) is 28.5 Å². The number of carbonyl (C=O) groups excluding carboxylic acids is 4. The highest BCUT2D eigenvalue weighted by Crippen LogP contribution is 2.61. The molecule has 1 fully saturated rings. The Hall–Kier alpha value is -3.78. The van der Waals surface area contributed by atoms with E-state index in [-0.39, 0.29) is 12.2 Å². The topological polar surface area (TPSA) is 90.0 Å². The summed E-state index contributed by atoms with van der Waals surface area (Å²) < 4.78 is 12.9. The summed E-state index contributed by atoms with van der Waals surface area (Å²) in [7, 11) is 0. The van der Waals surface area contributed by atoms with E-state index in [2.05, 4.69) is 15.9 Å². The summed E-state index contributed by atoms with van der Waals surface area (Å²) in [5.74, 6) is -2.58. The summed E-state index contributed by atoms with van der Waals surface area (Å²) >= 11 is 3.48. The van der Waals surface area contributed by atoms with Crippen molar-refractivity contribution in [2.75, 3.05) is 4.90 Å². The van der Waals surface area contributed by atoms with Gasteiger partial charge in [-0.05, 0) is 75.6 Å². The number of nitrogens with zero attached hydrogens (tertiary/aromatic N) is 1. The fraction of sp³-hybridized carbons (Fsp3) is 0.333. The van der Waals surface area contributed by atoms with Gasteiger partial charge < -0.3 is 14.3 Å². The zero-order chi connectivity index (χ0) is 29.3. The van der Waals surface area contributed by atoms with Crippen molar-refractivity contribution in [1.82, 2.24) is 0 Å². The average Bonchev–Trinajstić information content (AvgIpc) is 3.16. The molecule has 2 aliphatic heterocycles. The van der Waals surface area contributed by atoms with Crippen LogP contribution in [0.25, 0.3) is 0 Å². The van der Waals surface area contributed by atoms with Crippen LogP contribution in [-0.2, 0) is 19.7 Å². The van der Waals surface area contributed by atoms with Gasteiger partial charge in [-0.2, -0.15) is 0 Å². The van der Waals surface area contributed by atoms with E-state index in [1.54, 1.807) is 45.0 Å². The van der Waals surface area contributed by atoms with E-state index in [0.717, 1.165) is 26.8 Å². The van der Waals surface area contributed by atoms with E-state index in [1.807, 2.05) is 49.4 Å². The fourth-order valence-corrected chi connectivity index (χ4v) is 7.12. The van der Waals surface area contributed by atoms with Gasteiger partial charge in [-0.3, -0.25) is 9.59 Å². The lowest BCUT2D eigenvalue weighted by atomic mass is 9.52. The monoisotopic (exact) mass is 615 g/mol. The van der Waals surface area contributed by atoms with Crippen molar-refractivity contribution in [1.29, 1.82) is 0 Å². The Balaban J connectivity index is 1.59. The van der Waals surface area contributed by atoms with Gasteiger partial charge >= 0.3 is 6.09 Å². The molecule has 8 heteroatoms. The number of fused-ring (bicyclic) bond motifs is 4. The lowest BCUT2D eigenvalue weighted by molar-refractivity contribution is -0.131. The molecule has 2 heterocycles. The molecule has 1 spiro atoms. The maximum absolute atomic E-state index is 14.8. The Morgan fingerprint density at radius 2 is 1.78 bits per heavy atom. The molecule has 1 aliphatic carbocycles. The number of carbonyl (C=O) groups is 4. The molecule has 2 amide bonds. The van der Waals surface area contributed by atoms with Crippen molar-refractivity contribution in [2.45, 2.75) is 57.2 Å². The number of amides is 2. The highest BCUT2D eigenvalue weighted by atomic mass is 79.9. The molecule has 0 bridgehead atoms. The van der Waals surface area contributed by atoms with E-state index in [0.29, 0.717) is 22.6 Å². The second-order valence-electron chi connectivity index (χ2n) is 12.1. The number of Topliss-reactive ketones (excluding diaryl/α,β-unsaturated/α-hetero) is 1. The van der Waals surface area contributed by atoms with Gasteiger partial charge in [0.2, 0.25) is 5.91 Å². The summed E-state index contributed by atoms with van der Waals surface area (Å²) in [6, 6.07) is 20.0. The molecule has 3 aliphatic rings. The van der Waals surface area contributed by atoms with Gasteiger partial charge in [0, 0.05) is 10.4 Å². The molecule has 0 unspecified atom stereocenters. The Labute approximate surface area is 247 Å². The second-order valence-corrected chi connectivity index (χ2v) is 13.0. The van der Waals surface area contributed by atoms with E-state index in [1.165, 1.54) is 0 Å². The predicted molar refractivity (Wildman–Crippen MR) is 156 cm³/mol. The minimum Gasteiger partial charge on any atom is -0.488 e. The van der Waals surface area contributed by atoms with Gasteiger partial charge in [0.25, 0.3) is 0 Å². The first kappa shape index (κ1) is 27.4. The number of halogens is 1. The number of anilines is 1. The zero-order valence-electron chi connectivity index (χ0n) is 23.2. The van der Waals surface area contributed by atoms with Gasteiger partial charge in [0.1, 0.15) is 23.7 Å². The maximum atomic E-state index is 14.8. The minimum absolute atomic E-state index is 0.0735. The third kappa shape index (κ3) is 4.22. The molecule has 7 nitrogen and oxygen atoms in total. The van der Waals surface area contributed by atoms with Crippen molar-refractivity contribution >= 4 is 45.7 Å². The first-order valence-electron chi connectivity index (χ1n) is 13.7. The molecule has 0 saturated heterocycles. The van der Waals surface area contributed by atoms with Crippen LogP contribution in [0.3, 0.4) is 0 Å². The largest absolute Gasteiger partial charge is 0.488 e.